The van der Waals surface area contributed by atoms with Gasteiger partial charge in [-0.1, -0.05) is 0 Å². The number of hydrogen-bond acceptors (Lipinski definition) is 4. The van der Waals surface area contributed by atoms with Crippen LogP contribution in [0.4, 0.5) is 26.3 Å². The summed E-state index contributed by atoms with van der Waals surface area (Å²) >= 11 is 0. The fraction of sp³-hybridized carbons (Fsp3) is 0.200. The van der Waals surface area contributed by atoms with Gasteiger partial charge >= 0.3 is 24.3 Å². The van der Waals surface area contributed by atoms with E-state index in [1.54, 1.807) is 0 Å². The van der Waals surface area contributed by atoms with Crippen molar-refractivity contribution in [2.75, 3.05) is 0 Å². The van der Waals surface area contributed by atoms with E-state index in [1.807, 2.05) is 24.8 Å². The number of hydrogen-bond donors (Lipinski definition) is 2. The Hall–Kier alpha value is -2.66. The van der Waals surface area contributed by atoms with Gasteiger partial charge in [-0.2, -0.15) is 26.3 Å². The van der Waals surface area contributed by atoms with Crippen LogP contribution in [0, 0.1) is 0 Å². The lowest BCUT2D eigenvalue weighted by Gasteiger charge is -1.93. The summed E-state index contributed by atoms with van der Waals surface area (Å²) in [6, 6.07) is 0. The number of carbonyl (C=O) groups is 2. The summed E-state index contributed by atoms with van der Waals surface area (Å²) in [7, 11) is 0. The molecule has 0 aromatic heterocycles. The van der Waals surface area contributed by atoms with Crippen LogP contribution in [0.15, 0.2) is 33.5 Å². The topological polar surface area (TPSA) is 99.3 Å². The molecule has 0 aromatic carbocycles. The number of aliphatic carboxylic acids is 2. The molecule has 2 aliphatic heterocycles. The van der Waals surface area contributed by atoms with Gasteiger partial charge in [-0.05, 0) is 0 Å². The molecule has 2 rings (SSSR count). The lowest BCUT2D eigenvalue weighted by Crippen LogP contribution is -2.21. The third kappa shape index (κ3) is 7.21. The van der Waals surface area contributed by atoms with Gasteiger partial charge in [0.05, 0.1) is 0 Å². The van der Waals surface area contributed by atoms with Crippen LogP contribution in [0.3, 0.4) is 0 Å². The van der Waals surface area contributed by atoms with E-state index in [0.29, 0.717) is 0 Å². The highest BCUT2D eigenvalue weighted by Crippen LogP contribution is 2.16. The number of alkyl halides is 6. The number of carboxylic acid groups (broad SMARTS) is 2. The lowest BCUT2D eigenvalue weighted by molar-refractivity contribution is -0.193. The van der Waals surface area contributed by atoms with Gasteiger partial charge in [-0.3, -0.25) is 9.98 Å². The molecule has 0 saturated carbocycles. The predicted octanol–water partition coefficient (Wildman–Crippen LogP) is 2.19. The second-order valence-corrected chi connectivity index (χ2v) is 3.33. The van der Waals surface area contributed by atoms with Gasteiger partial charge in [-0.15, -0.1) is 0 Å². The molecule has 0 aromatic rings. The number of carboxylic acids is 2. The first-order valence-electron chi connectivity index (χ1n) is 4.93. The predicted molar refractivity (Wildman–Crippen MR) is 60.5 cm³/mol. The fourth-order valence-electron chi connectivity index (χ4n) is 0.761. The van der Waals surface area contributed by atoms with E-state index in [4.69, 9.17) is 19.8 Å². The largest absolute Gasteiger partial charge is 0.490 e. The van der Waals surface area contributed by atoms with E-state index < -0.39 is 24.3 Å². The maximum absolute atomic E-state index is 10.6. The Balaban J connectivity index is 0.000000303. The summed E-state index contributed by atoms with van der Waals surface area (Å²) in [6.07, 6.45) is -2.94. The zero-order valence-electron chi connectivity index (χ0n) is 10.2. The van der Waals surface area contributed by atoms with Crippen LogP contribution in [-0.4, -0.2) is 46.9 Å². The number of aliphatic imine (C=N–C) groups is 2. The Morgan fingerprint density at radius 2 is 1.00 bits per heavy atom. The number of nitrogens with zero attached hydrogens (tertiary/aromatic N) is 2. The van der Waals surface area contributed by atoms with Gasteiger partial charge < -0.3 is 10.2 Å². The number of rotatable bonds is 0. The smallest absolute Gasteiger partial charge is 0.475 e. The Bertz CT molecular complexity index is 507. The van der Waals surface area contributed by atoms with Gasteiger partial charge in [0.2, 0.25) is 0 Å². The van der Waals surface area contributed by atoms with Crippen LogP contribution < -0.4 is 0 Å². The molecule has 0 unspecified atom stereocenters. The number of halogens is 6. The van der Waals surface area contributed by atoms with Crippen LogP contribution in [0.2, 0.25) is 0 Å². The Morgan fingerprint density at radius 1 is 0.773 bits per heavy atom. The molecule has 0 saturated heterocycles. The molecule has 2 aliphatic rings. The summed E-state index contributed by atoms with van der Waals surface area (Å²) in [4.78, 5) is 25.6. The van der Waals surface area contributed by atoms with Crippen LogP contribution in [0.25, 0.3) is 0 Å². The highest BCUT2D eigenvalue weighted by atomic mass is 19.4. The second kappa shape index (κ2) is 7.38. The standard InChI is InChI=1S/C6H4N2.2C2HF3O2/c1-5-2-8-4-6(5)3-7-1;2*3-2(4,5)1(6)7/h1-4H;2*(H,6,7). The molecule has 0 aliphatic carbocycles. The van der Waals surface area contributed by atoms with Gasteiger partial charge in [0.15, 0.2) is 0 Å². The Morgan fingerprint density at radius 3 is 1.18 bits per heavy atom. The summed E-state index contributed by atoms with van der Waals surface area (Å²) in [5.41, 5.74) is 2.26. The molecular formula is C10H6F6N2O4. The molecule has 0 amide bonds. The second-order valence-electron chi connectivity index (χ2n) is 3.33. The molecule has 122 valence electrons. The van der Waals surface area contributed by atoms with Crippen molar-refractivity contribution in [3.63, 3.8) is 0 Å². The SMILES string of the molecule is C1=NC=C2C=NC=C12.O=C(O)C(F)(F)F.O=C(O)C(F)(F)F. The molecule has 0 radical (unpaired) electrons. The number of fused-ring (bicyclic) bond motifs is 1. The van der Waals surface area contributed by atoms with Crippen LogP contribution in [0.1, 0.15) is 0 Å². The van der Waals surface area contributed by atoms with Crippen molar-refractivity contribution >= 4 is 24.4 Å². The fourth-order valence-corrected chi connectivity index (χ4v) is 0.761. The molecule has 12 heteroatoms. The quantitative estimate of drug-likeness (QED) is 0.664. The average Bonchev–Trinajstić information content (AvgIpc) is 2.89. The molecule has 2 N–H and O–H groups in total. The van der Waals surface area contributed by atoms with Gasteiger partial charge in [0, 0.05) is 36.0 Å². The normalized spacial score (nSPS) is 14.8. The lowest BCUT2D eigenvalue weighted by atomic mass is 10.2. The van der Waals surface area contributed by atoms with Crippen LogP contribution in [0.5, 0.6) is 0 Å². The van der Waals surface area contributed by atoms with Gasteiger partial charge in [0.25, 0.3) is 0 Å². The highest BCUT2D eigenvalue weighted by molar-refractivity contribution is 6.04. The molecule has 22 heavy (non-hydrogen) atoms. The van der Waals surface area contributed by atoms with E-state index in [2.05, 4.69) is 9.98 Å². The first kappa shape index (κ1) is 19.3. The third-order valence-electron chi connectivity index (χ3n) is 1.67. The van der Waals surface area contributed by atoms with E-state index in [9.17, 15) is 26.3 Å². The first-order valence-corrected chi connectivity index (χ1v) is 4.93. The zero-order valence-corrected chi connectivity index (χ0v) is 10.2. The monoisotopic (exact) mass is 332 g/mol. The van der Waals surface area contributed by atoms with Crippen molar-refractivity contribution in [3.8, 4) is 0 Å². The minimum absolute atomic E-state index is 1.13. The maximum atomic E-state index is 10.6. The molecule has 0 fully saturated rings. The summed E-state index contributed by atoms with van der Waals surface area (Å²) in [6.45, 7) is 0. The summed E-state index contributed by atoms with van der Waals surface area (Å²) in [5, 5.41) is 14.2. The van der Waals surface area contributed by atoms with Crippen LogP contribution >= 0.6 is 0 Å². The minimum Gasteiger partial charge on any atom is -0.475 e. The van der Waals surface area contributed by atoms with Gasteiger partial charge in [-0.25, -0.2) is 9.59 Å². The van der Waals surface area contributed by atoms with E-state index in [-0.39, 0.29) is 0 Å². The Kier molecular flexibility index (Phi) is 6.49. The minimum atomic E-state index is -5.08. The molecule has 2 heterocycles. The molecule has 0 atom stereocenters. The summed E-state index contributed by atoms with van der Waals surface area (Å²) < 4.78 is 63.5. The summed E-state index contributed by atoms with van der Waals surface area (Å²) in [5.74, 6) is -5.51. The maximum Gasteiger partial charge on any atom is 0.490 e. The van der Waals surface area contributed by atoms with Crippen molar-refractivity contribution in [1.82, 2.24) is 0 Å². The van der Waals surface area contributed by atoms with E-state index >= 15 is 0 Å². The number of allylic oxidation sites excluding steroid dienone is 2. The average molecular weight is 332 g/mol. The van der Waals surface area contributed by atoms with Crippen LogP contribution in [-0.2, 0) is 9.59 Å². The zero-order chi connectivity index (χ0) is 17.6. The highest BCUT2D eigenvalue weighted by Gasteiger charge is 2.38. The first-order chi connectivity index (χ1) is 9.85. The van der Waals surface area contributed by atoms with Crippen molar-refractivity contribution < 1.29 is 46.1 Å². The van der Waals surface area contributed by atoms with Crippen molar-refractivity contribution in [2.45, 2.75) is 12.4 Å². The van der Waals surface area contributed by atoms with Crippen molar-refractivity contribution in [3.05, 3.63) is 23.5 Å². The Labute approximate surface area is 117 Å². The molecule has 6 nitrogen and oxygen atoms in total. The van der Waals surface area contributed by atoms with Gasteiger partial charge in [0.1, 0.15) is 0 Å². The van der Waals surface area contributed by atoms with Crippen molar-refractivity contribution in [2.24, 2.45) is 9.98 Å². The van der Waals surface area contributed by atoms with E-state index in [1.165, 1.54) is 0 Å². The van der Waals surface area contributed by atoms with Crippen molar-refractivity contribution in [1.29, 1.82) is 0 Å². The molecular weight excluding hydrogens is 326 g/mol. The van der Waals surface area contributed by atoms with E-state index in [0.717, 1.165) is 11.1 Å². The molecule has 0 bridgehead atoms. The third-order valence-corrected chi connectivity index (χ3v) is 1.67. The molecule has 0 spiro atoms.